The highest BCUT2D eigenvalue weighted by molar-refractivity contribution is 4.88. The van der Waals surface area contributed by atoms with Crippen LogP contribution in [0.1, 0.15) is 4.11 Å². The first-order valence-electron chi connectivity index (χ1n) is 5.24. The lowest BCUT2D eigenvalue weighted by Crippen LogP contribution is -2.58. The quantitative estimate of drug-likeness (QED) is 0.388. The van der Waals surface area contributed by atoms with E-state index in [4.69, 9.17) is 14.0 Å². The molecule has 78 valence electrons. The summed E-state index contributed by atoms with van der Waals surface area (Å²) in [6.45, 7) is -0.633. The Morgan fingerprint density at radius 3 is 2.54 bits per heavy atom. The molecular formula is C7H14O6. The van der Waals surface area contributed by atoms with Crippen molar-refractivity contribution >= 4 is 0 Å². The minimum atomic E-state index is -2.81. The van der Waals surface area contributed by atoms with Crippen molar-refractivity contribution in [3.05, 3.63) is 0 Å². The molecule has 5 unspecified atom stereocenters. The summed E-state index contributed by atoms with van der Waals surface area (Å²) in [6.07, 6.45) is -7.67. The van der Waals surface area contributed by atoms with Crippen LogP contribution in [0, 0.1) is 0 Å². The molecule has 5 atom stereocenters. The molecule has 0 amide bonds. The molecule has 1 rings (SSSR count). The summed E-state index contributed by atoms with van der Waals surface area (Å²) < 4.78 is 29.6. The minimum Gasteiger partial charge on any atom is -0.394 e. The molecule has 0 aromatic carbocycles. The van der Waals surface area contributed by atoms with Gasteiger partial charge in [-0.2, -0.15) is 0 Å². The van der Waals surface area contributed by atoms with E-state index in [1.165, 1.54) is 0 Å². The summed E-state index contributed by atoms with van der Waals surface area (Å²) in [7, 11) is -2.81. The average molecular weight is 197 g/mol. The highest BCUT2D eigenvalue weighted by Crippen LogP contribution is 2.20. The van der Waals surface area contributed by atoms with Crippen molar-refractivity contribution in [1.29, 1.82) is 0 Å². The Morgan fingerprint density at radius 1 is 1.31 bits per heavy atom. The summed E-state index contributed by atoms with van der Waals surface area (Å²) in [5.74, 6) is 0. The molecule has 1 saturated heterocycles. The Hall–Kier alpha value is -0.240. The molecule has 6 nitrogen and oxygen atoms in total. The number of aliphatic hydroxyl groups excluding tert-OH is 4. The Kier molecular flexibility index (Phi) is 2.36. The number of methoxy groups -OCH3 is 1. The van der Waals surface area contributed by atoms with Crippen LogP contribution in [0.3, 0.4) is 0 Å². The molecule has 0 spiro atoms. The highest BCUT2D eigenvalue weighted by Gasteiger charge is 2.43. The van der Waals surface area contributed by atoms with E-state index >= 15 is 0 Å². The number of ether oxygens (including phenoxy) is 2. The molecule has 1 aliphatic rings. The molecule has 0 radical (unpaired) electrons. The van der Waals surface area contributed by atoms with Crippen LogP contribution in [0.15, 0.2) is 0 Å². The molecule has 1 heterocycles. The maximum Gasteiger partial charge on any atom is 0.186 e. The van der Waals surface area contributed by atoms with Gasteiger partial charge >= 0.3 is 0 Å². The molecule has 6 heteroatoms. The van der Waals surface area contributed by atoms with Gasteiger partial charge in [-0.15, -0.1) is 0 Å². The molecular weight excluding hydrogens is 180 g/mol. The summed E-state index contributed by atoms with van der Waals surface area (Å²) in [4.78, 5) is 0. The van der Waals surface area contributed by atoms with E-state index < -0.39 is 44.4 Å². The molecule has 0 aliphatic carbocycles. The third-order valence-electron chi connectivity index (χ3n) is 1.96. The molecule has 0 aromatic heterocycles. The van der Waals surface area contributed by atoms with Gasteiger partial charge in [0, 0.05) is 7.04 Å². The monoisotopic (exact) mass is 197 g/mol. The van der Waals surface area contributed by atoms with E-state index in [1.54, 1.807) is 0 Å². The van der Waals surface area contributed by atoms with Crippen molar-refractivity contribution in [1.82, 2.24) is 0 Å². The smallest absolute Gasteiger partial charge is 0.186 e. The van der Waals surface area contributed by atoms with E-state index in [0.717, 1.165) is 0 Å². The van der Waals surface area contributed by atoms with Crippen molar-refractivity contribution in [2.24, 2.45) is 0 Å². The van der Waals surface area contributed by atoms with E-state index in [1.807, 2.05) is 0 Å². The zero-order valence-electron chi connectivity index (χ0n) is 9.70. The summed E-state index contributed by atoms with van der Waals surface area (Å²) >= 11 is 0. The van der Waals surface area contributed by atoms with Crippen molar-refractivity contribution in [3.8, 4) is 0 Å². The molecule has 4 N–H and O–H groups in total. The van der Waals surface area contributed by atoms with Gasteiger partial charge in [-0.1, -0.05) is 0 Å². The van der Waals surface area contributed by atoms with Crippen molar-refractivity contribution < 1.29 is 34.0 Å². The topological polar surface area (TPSA) is 99.4 Å². The van der Waals surface area contributed by atoms with Crippen LogP contribution < -0.4 is 0 Å². The predicted molar refractivity (Wildman–Crippen MR) is 40.8 cm³/mol. The van der Waals surface area contributed by atoms with Gasteiger partial charge in [0.25, 0.3) is 0 Å². The normalized spacial score (nSPS) is 50.8. The van der Waals surface area contributed by atoms with Gasteiger partial charge in [0.15, 0.2) is 6.29 Å². The predicted octanol–water partition coefficient (Wildman–Crippen LogP) is -2.57. The lowest BCUT2D eigenvalue weighted by molar-refractivity contribution is -0.294. The Bertz CT molecular complexity index is 233. The van der Waals surface area contributed by atoms with E-state index in [0.29, 0.717) is 0 Å². The van der Waals surface area contributed by atoms with E-state index in [-0.39, 0.29) is 0 Å². The third kappa shape index (κ3) is 1.98. The third-order valence-corrected chi connectivity index (χ3v) is 1.96. The van der Waals surface area contributed by atoms with Gasteiger partial charge in [0.2, 0.25) is 0 Å². The number of hydrogen-bond donors (Lipinski definition) is 4. The fraction of sp³-hybridized carbons (Fsp3) is 1.00. The molecule has 1 fully saturated rings. The summed E-state index contributed by atoms with van der Waals surface area (Å²) in [5.41, 5.74) is 0. The molecule has 0 saturated carbocycles. The highest BCUT2D eigenvalue weighted by atomic mass is 16.7. The molecule has 1 aliphatic heterocycles. The van der Waals surface area contributed by atoms with Crippen LogP contribution >= 0.6 is 0 Å². The Morgan fingerprint density at radius 2 is 2.00 bits per heavy atom. The van der Waals surface area contributed by atoms with Crippen LogP contribution in [-0.2, 0) is 9.47 Å². The van der Waals surface area contributed by atoms with Gasteiger partial charge in [-0.05, 0) is 0 Å². The van der Waals surface area contributed by atoms with Gasteiger partial charge in [0.05, 0.1) is 10.7 Å². The number of rotatable bonds is 2. The van der Waals surface area contributed by atoms with Gasteiger partial charge in [-0.25, -0.2) is 0 Å². The number of aliphatic hydroxyl groups is 4. The first kappa shape index (κ1) is 7.10. The first-order valence-corrected chi connectivity index (χ1v) is 3.74. The van der Waals surface area contributed by atoms with Gasteiger partial charge < -0.3 is 29.9 Å². The largest absolute Gasteiger partial charge is 0.394 e. The Labute approximate surface area is 79.5 Å². The maximum absolute atomic E-state index is 9.39. The summed E-state index contributed by atoms with van der Waals surface area (Å²) in [5, 5.41) is 36.9. The van der Waals surface area contributed by atoms with Crippen LogP contribution in [0.4, 0.5) is 0 Å². The second kappa shape index (κ2) is 4.32. The standard InChI is InChI=1S/C7H14O6/c1-12-7-6(11)5(10)4(9)3(2-8)13-7/h3-11H,2H2,1H3/i1D3. The zero-order valence-corrected chi connectivity index (χ0v) is 6.70. The van der Waals surface area contributed by atoms with Crippen molar-refractivity contribution in [2.75, 3.05) is 13.6 Å². The van der Waals surface area contributed by atoms with Crippen LogP contribution in [0.5, 0.6) is 0 Å². The Balaban J connectivity index is 2.71. The molecule has 13 heavy (non-hydrogen) atoms. The fourth-order valence-electron chi connectivity index (χ4n) is 1.16. The lowest BCUT2D eigenvalue weighted by Gasteiger charge is -2.38. The number of hydrogen-bond acceptors (Lipinski definition) is 6. The SMILES string of the molecule is [2H]C([2H])([2H])OC1OC(CO)C(O)C(O)C1O. The second-order valence-corrected chi connectivity index (χ2v) is 2.82. The van der Waals surface area contributed by atoms with Crippen LogP contribution in [0.2, 0.25) is 0 Å². The van der Waals surface area contributed by atoms with Crippen molar-refractivity contribution in [3.63, 3.8) is 0 Å². The van der Waals surface area contributed by atoms with Crippen LogP contribution in [0.25, 0.3) is 0 Å². The van der Waals surface area contributed by atoms with Gasteiger partial charge in [0.1, 0.15) is 24.4 Å². The molecule has 0 bridgehead atoms. The summed E-state index contributed by atoms with van der Waals surface area (Å²) in [6, 6.07) is 0. The minimum absolute atomic E-state index is 0.633. The van der Waals surface area contributed by atoms with E-state index in [9.17, 15) is 15.3 Å². The second-order valence-electron chi connectivity index (χ2n) is 2.82. The van der Waals surface area contributed by atoms with Crippen LogP contribution in [-0.4, -0.2) is 64.8 Å². The van der Waals surface area contributed by atoms with Gasteiger partial charge in [-0.3, -0.25) is 0 Å². The molecule has 0 aromatic rings. The van der Waals surface area contributed by atoms with E-state index in [2.05, 4.69) is 4.74 Å². The lowest BCUT2D eigenvalue weighted by atomic mass is 9.99. The zero-order chi connectivity index (χ0) is 12.5. The first-order chi connectivity index (χ1) is 7.26. The van der Waals surface area contributed by atoms with Crippen molar-refractivity contribution in [2.45, 2.75) is 30.7 Å². The maximum atomic E-state index is 9.39. The average Bonchev–Trinajstić information content (AvgIpc) is 2.17. The fourth-order valence-corrected chi connectivity index (χ4v) is 1.16.